The monoisotopic (exact) mass is 291 g/mol. The molecule has 0 saturated carbocycles. The van der Waals surface area contributed by atoms with Crippen molar-refractivity contribution in [2.24, 2.45) is 7.05 Å². The Morgan fingerprint density at radius 1 is 1.35 bits per heavy atom. The van der Waals surface area contributed by atoms with Crippen molar-refractivity contribution in [1.82, 2.24) is 15.1 Å². The Morgan fingerprint density at radius 2 is 2.15 bits per heavy atom. The fourth-order valence-corrected chi connectivity index (χ4v) is 2.68. The van der Waals surface area contributed by atoms with Crippen LogP contribution in [0.5, 0.6) is 0 Å². The zero-order chi connectivity index (χ0) is 13.9. The van der Waals surface area contributed by atoms with Crippen molar-refractivity contribution in [2.75, 3.05) is 13.2 Å². The van der Waals surface area contributed by atoms with Crippen LogP contribution in [-0.2, 0) is 18.2 Å². The molecule has 0 bridgehead atoms. The zero-order valence-corrected chi connectivity index (χ0v) is 12.2. The Kier molecular flexibility index (Phi) is 4.05. The van der Waals surface area contributed by atoms with Gasteiger partial charge in [0.2, 0.25) is 0 Å². The van der Waals surface area contributed by atoms with Crippen molar-refractivity contribution < 1.29 is 4.74 Å². The lowest BCUT2D eigenvalue weighted by Crippen LogP contribution is -2.44. The third-order valence-corrected chi connectivity index (χ3v) is 3.93. The van der Waals surface area contributed by atoms with Crippen molar-refractivity contribution in [2.45, 2.75) is 18.6 Å². The largest absolute Gasteiger partial charge is 0.369 e. The number of hydrogen-bond acceptors (Lipinski definition) is 3. The highest BCUT2D eigenvalue weighted by atomic mass is 35.5. The molecule has 1 aromatic heterocycles. The zero-order valence-electron chi connectivity index (χ0n) is 11.4. The van der Waals surface area contributed by atoms with Crippen molar-refractivity contribution >= 4 is 11.6 Å². The molecule has 1 saturated heterocycles. The molecule has 2 aromatic rings. The second-order valence-corrected chi connectivity index (χ2v) is 5.57. The first kappa shape index (κ1) is 13.6. The number of aromatic nitrogens is 2. The minimum atomic E-state index is 0.0870. The van der Waals surface area contributed by atoms with Gasteiger partial charge >= 0.3 is 0 Å². The van der Waals surface area contributed by atoms with Gasteiger partial charge in [0, 0.05) is 30.9 Å². The van der Waals surface area contributed by atoms with Crippen LogP contribution < -0.4 is 5.32 Å². The fraction of sp³-hybridized carbons (Fsp3) is 0.400. The van der Waals surface area contributed by atoms with E-state index in [9.17, 15) is 0 Å². The van der Waals surface area contributed by atoms with Gasteiger partial charge in [0.25, 0.3) is 0 Å². The van der Waals surface area contributed by atoms with Crippen molar-refractivity contribution in [1.29, 1.82) is 0 Å². The van der Waals surface area contributed by atoms with Crippen molar-refractivity contribution in [3.63, 3.8) is 0 Å². The number of morpholine rings is 1. The Morgan fingerprint density at radius 3 is 2.75 bits per heavy atom. The highest BCUT2D eigenvalue weighted by molar-refractivity contribution is 6.30. The molecule has 1 aliphatic heterocycles. The van der Waals surface area contributed by atoms with E-state index < -0.39 is 0 Å². The lowest BCUT2D eigenvalue weighted by atomic mass is 10.0. The quantitative estimate of drug-likeness (QED) is 0.943. The SMILES string of the molecule is Cn1nccc1[C@H]1CN[C@@H](Cc2ccc(Cl)cc2)CO1. The Balaban J connectivity index is 1.56. The van der Waals surface area contributed by atoms with Gasteiger partial charge in [-0.2, -0.15) is 5.10 Å². The third-order valence-electron chi connectivity index (χ3n) is 3.67. The van der Waals surface area contributed by atoms with Gasteiger partial charge in [-0.05, 0) is 30.2 Å². The van der Waals surface area contributed by atoms with E-state index in [0.29, 0.717) is 12.6 Å². The number of aryl methyl sites for hydroxylation is 1. The van der Waals surface area contributed by atoms with E-state index in [4.69, 9.17) is 16.3 Å². The van der Waals surface area contributed by atoms with Crippen LogP contribution in [0.25, 0.3) is 0 Å². The van der Waals surface area contributed by atoms with Crippen LogP contribution in [0.15, 0.2) is 36.5 Å². The van der Waals surface area contributed by atoms with E-state index in [1.165, 1.54) is 5.56 Å². The molecule has 1 N–H and O–H groups in total. The van der Waals surface area contributed by atoms with Crippen LogP contribution in [0.3, 0.4) is 0 Å². The summed E-state index contributed by atoms with van der Waals surface area (Å²) >= 11 is 5.90. The van der Waals surface area contributed by atoms with Gasteiger partial charge in [0.1, 0.15) is 6.10 Å². The summed E-state index contributed by atoms with van der Waals surface area (Å²) in [6.45, 7) is 1.52. The minimum Gasteiger partial charge on any atom is -0.369 e. The number of hydrogen-bond donors (Lipinski definition) is 1. The lowest BCUT2D eigenvalue weighted by Gasteiger charge is -2.30. The maximum absolute atomic E-state index is 5.96. The molecule has 20 heavy (non-hydrogen) atoms. The standard InChI is InChI=1S/C15H18ClN3O/c1-19-14(6-7-18-19)15-9-17-13(10-20-15)8-11-2-4-12(16)5-3-11/h2-7,13,15,17H,8-10H2,1H3/t13-,15+/m0/s1. The van der Waals surface area contributed by atoms with Gasteiger partial charge in [-0.3, -0.25) is 4.68 Å². The maximum Gasteiger partial charge on any atom is 0.112 e. The molecular formula is C15H18ClN3O. The summed E-state index contributed by atoms with van der Waals surface area (Å²) in [5, 5.41) is 8.51. The minimum absolute atomic E-state index is 0.0870. The molecule has 1 fully saturated rings. The van der Waals surface area contributed by atoms with E-state index in [1.807, 2.05) is 29.9 Å². The summed E-state index contributed by atoms with van der Waals surface area (Å²) in [6, 6.07) is 10.3. The molecule has 1 aromatic carbocycles. The molecule has 0 aliphatic carbocycles. The van der Waals surface area contributed by atoms with Gasteiger partial charge in [0.15, 0.2) is 0 Å². The summed E-state index contributed by atoms with van der Waals surface area (Å²) in [6.07, 6.45) is 2.84. The number of ether oxygens (including phenoxy) is 1. The van der Waals surface area contributed by atoms with Gasteiger partial charge in [-0.15, -0.1) is 0 Å². The summed E-state index contributed by atoms with van der Waals surface area (Å²) in [5.74, 6) is 0. The second-order valence-electron chi connectivity index (χ2n) is 5.14. The molecular weight excluding hydrogens is 274 g/mol. The van der Waals surface area contributed by atoms with Gasteiger partial charge < -0.3 is 10.1 Å². The molecule has 5 heteroatoms. The van der Waals surface area contributed by atoms with Crippen LogP contribution in [-0.4, -0.2) is 29.0 Å². The maximum atomic E-state index is 5.96. The molecule has 0 radical (unpaired) electrons. The van der Waals surface area contributed by atoms with Crippen LogP contribution in [0.2, 0.25) is 5.02 Å². The third kappa shape index (κ3) is 3.03. The Labute approximate surface area is 123 Å². The summed E-state index contributed by atoms with van der Waals surface area (Å²) in [5.41, 5.74) is 2.39. The fourth-order valence-electron chi connectivity index (χ4n) is 2.55. The number of nitrogens with zero attached hydrogens (tertiary/aromatic N) is 2. The number of rotatable bonds is 3. The predicted octanol–water partition coefficient (Wildman–Crippen LogP) is 2.35. The number of benzene rings is 1. The van der Waals surface area contributed by atoms with Crippen LogP contribution in [0.1, 0.15) is 17.4 Å². The average Bonchev–Trinajstić information content (AvgIpc) is 2.89. The lowest BCUT2D eigenvalue weighted by molar-refractivity contribution is -0.00129. The highest BCUT2D eigenvalue weighted by Gasteiger charge is 2.24. The molecule has 0 spiro atoms. The van der Waals surface area contributed by atoms with Gasteiger partial charge in [-0.1, -0.05) is 23.7 Å². The Bertz CT molecular complexity index is 559. The molecule has 3 rings (SSSR count). The molecule has 106 valence electrons. The molecule has 2 heterocycles. The van der Waals surface area contributed by atoms with Crippen LogP contribution >= 0.6 is 11.6 Å². The first-order valence-electron chi connectivity index (χ1n) is 6.79. The van der Waals surface area contributed by atoms with Crippen LogP contribution in [0, 0.1) is 0 Å². The molecule has 1 aliphatic rings. The number of halogens is 1. The average molecular weight is 292 g/mol. The van der Waals surface area contributed by atoms with Crippen LogP contribution in [0.4, 0.5) is 0 Å². The van der Waals surface area contributed by atoms with Gasteiger partial charge in [0.05, 0.1) is 12.3 Å². The smallest absolute Gasteiger partial charge is 0.112 e. The predicted molar refractivity (Wildman–Crippen MR) is 78.8 cm³/mol. The highest BCUT2D eigenvalue weighted by Crippen LogP contribution is 2.20. The molecule has 0 amide bonds. The first-order valence-corrected chi connectivity index (χ1v) is 7.17. The first-order chi connectivity index (χ1) is 9.72. The number of nitrogens with one attached hydrogen (secondary N) is 1. The molecule has 0 unspecified atom stereocenters. The summed E-state index contributed by atoms with van der Waals surface area (Å²) in [7, 11) is 1.94. The van der Waals surface area contributed by atoms with Crippen molar-refractivity contribution in [3.8, 4) is 0 Å². The molecule has 4 nitrogen and oxygen atoms in total. The summed E-state index contributed by atoms with van der Waals surface area (Å²) < 4.78 is 7.83. The second kappa shape index (κ2) is 5.95. The Hall–Kier alpha value is -1.36. The van der Waals surface area contributed by atoms with E-state index in [-0.39, 0.29) is 6.10 Å². The van der Waals surface area contributed by atoms with E-state index in [0.717, 1.165) is 23.7 Å². The van der Waals surface area contributed by atoms with Gasteiger partial charge in [-0.25, -0.2) is 0 Å². The van der Waals surface area contributed by atoms with E-state index in [2.05, 4.69) is 22.5 Å². The molecule has 2 atom stereocenters. The summed E-state index contributed by atoms with van der Waals surface area (Å²) in [4.78, 5) is 0. The van der Waals surface area contributed by atoms with E-state index >= 15 is 0 Å². The van der Waals surface area contributed by atoms with Crippen molar-refractivity contribution in [3.05, 3.63) is 52.8 Å². The normalized spacial score (nSPS) is 22.9. The van der Waals surface area contributed by atoms with E-state index in [1.54, 1.807) is 6.20 Å². The topological polar surface area (TPSA) is 39.1 Å².